The number of ether oxygens (including phenoxy) is 1. The summed E-state index contributed by atoms with van der Waals surface area (Å²) in [5.74, 6) is 0. The van der Waals surface area contributed by atoms with E-state index in [1.807, 2.05) is 100 Å². The molecule has 2 rings (SSSR count). The van der Waals surface area contributed by atoms with Crippen LogP contribution in [0, 0.1) is 0 Å². The SMILES string of the molecule is C/C=C(\C)C1C=C(c2ccccc2)C(CN)N1C(=O)OC(C)(C)C.C=C.CC.CC.CC. The molecule has 4 heteroatoms. The van der Waals surface area contributed by atoms with Crippen LogP contribution in [0.5, 0.6) is 0 Å². The number of benzene rings is 1. The summed E-state index contributed by atoms with van der Waals surface area (Å²) in [5, 5.41) is 0. The third-order valence-corrected chi connectivity index (χ3v) is 4.19. The van der Waals surface area contributed by atoms with Gasteiger partial charge >= 0.3 is 6.09 Å². The van der Waals surface area contributed by atoms with Crippen LogP contribution in [0.4, 0.5) is 4.79 Å². The molecule has 2 unspecified atom stereocenters. The molecule has 0 saturated heterocycles. The van der Waals surface area contributed by atoms with Gasteiger partial charge in [0.05, 0.1) is 12.1 Å². The molecule has 0 spiro atoms. The quantitative estimate of drug-likeness (QED) is 0.481. The highest BCUT2D eigenvalue weighted by atomic mass is 16.6. The summed E-state index contributed by atoms with van der Waals surface area (Å²) in [7, 11) is 0. The first-order valence-corrected chi connectivity index (χ1v) is 11.9. The van der Waals surface area contributed by atoms with E-state index in [2.05, 4.69) is 31.4 Å². The average molecular weight is 447 g/mol. The summed E-state index contributed by atoms with van der Waals surface area (Å²) < 4.78 is 5.63. The third-order valence-electron chi connectivity index (χ3n) is 4.19. The van der Waals surface area contributed by atoms with Gasteiger partial charge in [0.15, 0.2) is 0 Å². The molecule has 1 amide bonds. The maximum atomic E-state index is 12.8. The largest absolute Gasteiger partial charge is 0.444 e. The van der Waals surface area contributed by atoms with Gasteiger partial charge in [-0.3, -0.25) is 4.90 Å². The van der Waals surface area contributed by atoms with Gasteiger partial charge in [-0.1, -0.05) is 89.6 Å². The van der Waals surface area contributed by atoms with Crippen LogP contribution in [0.15, 0.2) is 61.2 Å². The first-order chi connectivity index (χ1) is 15.3. The summed E-state index contributed by atoms with van der Waals surface area (Å²) in [4.78, 5) is 14.6. The molecule has 1 aliphatic heterocycles. The molecular formula is C28H50N2O2. The van der Waals surface area contributed by atoms with Crippen LogP contribution in [0.1, 0.15) is 81.7 Å². The minimum Gasteiger partial charge on any atom is -0.444 e. The summed E-state index contributed by atoms with van der Waals surface area (Å²) in [5.41, 5.74) is 8.78. The van der Waals surface area contributed by atoms with Gasteiger partial charge in [0, 0.05) is 6.54 Å². The lowest BCUT2D eigenvalue weighted by Crippen LogP contribution is -2.48. The molecule has 0 radical (unpaired) electrons. The number of carbonyl (C=O) groups excluding carboxylic acids is 1. The zero-order chi connectivity index (χ0) is 25.9. The first-order valence-electron chi connectivity index (χ1n) is 11.9. The molecule has 0 fully saturated rings. The highest BCUT2D eigenvalue weighted by molar-refractivity contribution is 5.82. The average Bonchev–Trinajstić information content (AvgIpc) is 3.23. The third kappa shape index (κ3) is 10.8. The zero-order valence-electron chi connectivity index (χ0n) is 22.7. The molecule has 1 aromatic rings. The van der Waals surface area contributed by atoms with E-state index in [1.54, 1.807) is 4.90 Å². The molecular weight excluding hydrogens is 396 g/mol. The van der Waals surface area contributed by atoms with Crippen molar-refractivity contribution < 1.29 is 9.53 Å². The summed E-state index contributed by atoms with van der Waals surface area (Å²) >= 11 is 0. The molecule has 1 aromatic carbocycles. The highest BCUT2D eigenvalue weighted by Gasteiger charge is 2.40. The lowest BCUT2D eigenvalue weighted by Gasteiger charge is -2.33. The standard InChI is InChI=1S/C20H28N2O2.3C2H6.C2H4/c1-6-14(2)17-12-16(15-10-8-7-9-11-15)18(13-21)22(17)19(23)24-20(3,4)5;4*1-2/h6-12,17-18H,13,21H2,1-5H3;3*1-2H3;1-2H2/b14-6+;;;;. The Morgan fingerprint density at radius 3 is 1.91 bits per heavy atom. The van der Waals surface area contributed by atoms with Gasteiger partial charge in [-0.25, -0.2) is 4.79 Å². The molecule has 4 nitrogen and oxygen atoms in total. The van der Waals surface area contributed by atoms with E-state index in [-0.39, 0.29) is 18.2 Å². The van der Waals surface area contributed by atoms with Crippen LogP contribution in [-0.2, 0) is 4.74 Å². The van der Waals surface area contributed by atoms with E-state index < -0.39 is 5.60 Å². The van der Waals surface area contributed by atoms with E-state index in [9.17, 15) is 4.79 Å². The van der Waals surface area contributed by atoms with Crippen molar-refractivity contribution in [1.29, 1.82) is 0 Å². The topological polar surface area (TPSA) is 55.6 Å². The van der Waals surface area contributed by atoms with Crippen molar-refractivity contribution in [2.75, 3.05) is 6.54 Å². The van der Waals surface area contributed by atoms with Crippen molar-refractivity contribution in [3.8, 4) is 0 Å². The molecule has 32 heavy (non-hydrogen) atoms. The Kier molecular flexibility index (Phi) is 20.7. The van der Waals surface area contributed by atoms with Crippen molar-refractivity contribution in [2.24, 2.45) is 5.73 Å². The second-order valence-corrected chi connectivity index (χ2v) is 7.10. The van der Waals surface area contributed by atoms with E-state index in [1.165, 1.54) is 0 Å². The second-order valence-electron chi connectivity index (χ2n) is 7.10. The predicted octanol–water partition coefficient (Wildman–Crippen LogP) is 7.86. The van der Waals surface area contributed by atoms with Crippen molar-refractivity contribution >= 4 is 11.7 Å². The number of nitrogens with two attached hydrogens (primary N) is 1. The molecule has 0 saturated carbocycles. The van der Waals surface area contributed by atoms with Crippen LogP contribution in [-0.4, -0.2) is 35.2 Å². The number of nitrogens with zero attached hydrogens (tertiary/aromatic N) is 1. The normalized spacial score (nSPS) is 16.9. The summed E-state index contributed by atoms with van der Waals surface area (Å²) in [6.45, 7) is 28.0. The maximum absolute atomic E-state index is 12.8. The van der Waals surface area contributed by atoms with Crippen LogP contribution >= 0.6 is 0 Å². The van der Waals surface area contributed by atoms with Gasteiger partial charge in [0.25, 0.3) is 0 Å². The molecule has 0 aromatic heterocycles. The molecule has 184 valence electrons. The van der Waals surface area contributed by atoms with Crippen LogP contribution < -0.4 is 5.73 Å². The van der Waals surface area contributed by atoms with E-state index >= 15 is 0 Å². The Bertz CT molecular complexity index is 658. The lowest BCUT2D eigenvalue weighted by molar-refractivity contribution is 0.0201. The zero-order valence-corrected chi connectivity index (χ0v) is 22.7. The summed E-state index contributed by atoms with van der Waals surface area (Å²) in [6, 6.07) is 9.76. The van der Waals surface area contributed by atoms with E-state index in [4.69, 9.17) is 10.5 Å². The number of amides is 1. The minimum atomic E-state index is -0.542. The second kappa shape index (κ2) is 19.4. The Morgan fingerprint density at radius 1 is 1.06 bits per heavy atom. The van der Waals surface area contributed by atoms with E-state index in [0.29, 0.717) is 6.54 Å². The van der Waals surface area contributed by atoms with Crippen molar-refractivity contribution in [3.05, 3.63) is 66.8 Å². The predicted molar refractivity (Wildman–Crippen MR) is 144 cm³/mol. The fourth-order valence-electron chi connectivity index (χ4n) is 2.94. The maximum Gasteiger partial charge on any atom is 0.411 e. The van der Waals surface area contributed by atoms with Gasteiger partial charge in [-0.05, 0) is 45.8 Å². The Balaban J connectivity index is -0.000000945. The van der Waals surface area contributed by atoms with Gasteiger partial charge in [-0.15, -0.1) is 13.2 Å². The van der Waals surface area contributed by atoms with Crippen molar-refractivity contribution in [2.45, 2.75) is 93.8 Å². The van der Waals surface area contributed by atoms with Gasteiger partial charge in [0.2, 0.25) is 0 Å². The number of rotatable bonds is 3. The van der Waals surface area contributed by atoms with Crippen LogP contribution in [0.25, 0.3) is 5.57 Å². The number of carbonyl (C=O) groups is 1. The molecule has 2 N–H and O–H groups in total. The fourth-order valence-corrected chi connectivity index (χ4v) is 2.94. The smallest absolute Gasteiger partial charge is 0.411 e. The molecule has 1 heterocycles. The number of hydrogen-bond acceptors (Lipinski definition) is 3. The van der Waals surface area contributed by atoms with Crippen LogP contribution in [0.3, 0.4) is 0 Å². The van der Waals surface area contributed by atoms with Crippen molar-refractivity contribution in [1.82, 2.24) is 4.90 Å². The Morgan fingerprint density at radius 2 is 1.53 bits per heavy atom. The fraction of sp³-hybridized carbons (Fsp3) is 0.536. The van der Waals surface area contributed by atoms with E-state index in [0.717, 1.165) is 16.7 Å². The Hall–Kier alpha value is -2.33. The number of allylic oxidation sites excluding steroid dienone is 1. The lowest BCUT2D eigenvalue weighted by atomic mass is 10.00. The van der Waals surface area contributed by atoms with Crippen LogP contribution in [0.2, 0.25) is 0 Å². The molecule has 0 bridgehead atoms. The molecule has 0 aliphatic carbocycles. The minimum absolute atomic E-state index is 0.131. The Labute approximate surface area is 199 Å². The number of hydrogen-bond donors (Lipinski definition) is 1. The first kappa shape index (κ1) is 34.3. The van der Waals surface area contributed by atoms with Gasteiger partial charge in [-0.2, -0.15) is 0 Å². The monoisotopic (exact) mass is 446 g/mol. The highest BCUT2D eigenvalue weighted by Crippen LogP contribution is 2.35. The molecule has 2 atom stereocenters. The van der Waals surface area contributed by atoms with Gasteiger partial charge < -0.3 is 10.5 Å². The van der Waals surface area contributed by atoms with Gasteiger partial charge in [0.1, 0.15) is 5.60 Å². The summed E-state index contributed by atoms with van der Waals surface area (Å²) in [6.07, 6.45) is 3.83. The molecule has 1 aliphatic rings. The van der Waals surface area contributed by atoms with Crippen molar-refractivity contribution in [3.63, 3.8) is 0 Å².